The highest BCUT2D eigenvalue weighted by molar-refractivity contribution is 5.30. The van der Waals surface area contributed by atoms with Crippen molar-refractivity contribution in [3.63, 3.8) is 0 Å². The molecule has 0 saturated carbocycles. The molecule has 0 amide bonds. The monoisotopic (exact) mass is 208 g/mol. The lowest BCUT2D eigenvalue weighted by atomic mass is 10.0. The maximum atomic E-state index is 5.67. The molecule has 0 bridgehead atoms. The number of hydrogen-bond acceptors (Lipinski definition) is 1. The van der Waals surface area contributed by atoms with Crippen molar-refractivity contribution in [1.82, 2.24) is 0 Å². The maximum Gasteiger partial charge on any atom is 0.137 e. The molecule has 0 saturated heterocycles. The molecule has 2 N–H and O–H groups in total. The number of ether oxygens (including phenoxy) is 1. The molecular weight excluding hydrogens is 186 g/mol. The van der Waals surface area contributed by atoms with Gasteiger partial charge in [-0.25, -0.2) is 0 Å². The topological polar surface area (TPSA) is 25.8 Å². The highest BCUT2D eigenvalue weighted by Gasteiger charge is 2.00. The van der Waals surface area contributed by atoms with E-state index in [-0.39, 0.29) is 0 Å². The van der Waals surface area contributed by atoms with E-state index in [4.69, 9.17) is 4.74 Å². The Kier molecular flexibility index (Phi) is 5.19. The van der Waals surface area contributed by atoms with Gasteiger partial charge in [0.05, 0.1) is 6.54 Å². The average molecular weight is 208 g/mol. The van der Waals surface area contributed by atoms with E-state index < -0.39 is 0 Å². The molecule has 0 aliphatic carbocycles. The Morgan fingerprint density at radius 3 is 2.80 bits per heavy atom. The molecule has 84 valence electrons. The first-order valence-electron chi connectivity index (χ1n) is 5.78. The maximum absolute atomic E-state index is 5.67. The van der Waals surface area contributed by atoms with Gasteiger partial charge in [-0.05, 0) is 30.5 Å². The first-order valence-corrected chi connectivity index (χ1v) is 5.78. The Labute approximate surface area is 92.6 Å². The summed E-state index contributed by atoms with van der Waals surface area (Å²) in [5, 5.41) is 2.24. The van der Waals surface area contributed by atoms with Crippen LogP contribution in [0.4, 0.5) is 0 Å². The molecular formula is C13H22NO+. The lowest BCUT2D eigenvalue weighted by molar-refractivity contribution is -0.652. The van der Waals surface area contributed by atoms with Crippen LogP contribution in [-0.4, -0.2) is 19.7 Å². The van der Waals surface area contributed by atoms with Gasteiger partial charge in [-0.3, -0.25) is 0 Å². The normalized spacial score (nSPS) is 10.7. The summed E-state index contributed by atoms with van der Waals surface area (Å²) in [6, 6.07) is 8.37. The van der Waals surface area contributed by atoms with Gasteiger partial charge in [-0.15, -0.1) is 0 Å². The molecule has 2 nitrogen and oxygen atoms in total. The van der Waals surface area contributed by atoms with Crippen molar-refractivity contribution in [3.05, 3.63) is 29.8 Å². The zero-order valence-electron chi connectivity index (χ0n) is 9.99. The van der Waals surface area contributed by atoms with Gasteiger partial charge in [-0.2, -0.15) is 0 Å². The molecule has 1 aromatic rings. The van der Waals surface area contributed by atoms with Gasteiger partial charge in [0.1, 0.15) is 18.9 Å². The minimum absolute atomic E-state index is 0.566. The summed E-state index contributed by atoms with van der Waals surface area (Å²) in [7, 11) is 0. The Hall–Kier alpha value is -1.02. The van der Waals surface area contributed by atoms with Crippen LogP contribution in [0.2, 0.25) is 0 Å². The van der Waals surface area contributed by atoms with Crippen molar-refractivity contribution < 1.29 is 10.1 Å². The van der Waals surface area contributed by atoms with E-state index in [1.54, 1.807) is 0 Å². The summed E-state index contributed by atoms with van der Waals surface area (Å²) >= 11 is 0. The summed E-state index contributed by atoms with van der Waals surface area (Å²) < 4.78 is 5.67. The summed E-state index contributed by atoms with van der Waals surface area (Å²) in [6.45, 7) is 9.49. The third-order valence-electron chi connectivity index (χ3n) is 2.40. The van der Waals surface area contributed by atoms with Gasteiger partial charge in [0.25, 0.3) is 0 Å². The van der Waals surface area contributed by atoms with Crippen molar-refractivity contribution in [2.45, 2.75) is 26.7 Å². The average Bonchev–Trinajstić information content (AvgIpc) is 2.25. The minimum Gasteiger partial charge on any atom is -0.488 e. The van der Waals surface area contributed by atoms with Crippen LogP contribution in [0, 0.1) is 0 Å². The second kappa shape index (κ2) is 6.46. The van der Waals surface area contributed by atoms with E-state index in [0.29, 0.717) is 5.92 Å². The Bertz CT molecular complexity index is 284. The molecule has 0 radical (unpaired) electrons. The van der Waals surface area contributed by atoms with E-state index >= 15 is 0 Å². The summed E-state index contributed by atoms with van der Waals surface area (Å²) in [5.41, 5.74) is 1.34. The van der Waals surface area contributed by atoms with Crippen molar-refractivity contribution in [3.8, 4) is 5.75 Å². The standard InChI is InChI=1S/C13H21NO/c1-4-14-8-9-15-13-7-5-6-12(10-13)11(2)3/h5-7,10-11,14H,4,8-9H2,1-3H3/p+1. The summed E-state index contributed by atoms with van der Waals surface area (Å²) in [4.78, 5) is 0. The van der Waals surface area contributed by atoms with Crippen LogP contribution in [0.15, 0.2) is 24.3 Å². The fraction of sp³-hybridized carbons (Fsp3) is 0.538. The first kappa shape index (κ1) is 12.1. The zero-order chi connectivity index (χ0) is 11.1. The van der Waals surface area contributed by atoms with Gasteiger partial charge in [-0.1, -0.05) is 26.0 Å². The molecule has 2 heteroatoms. The zero-order valence-corrected chi connectivity index (χ0v) is 9.99. The summed E-state index contributed by atoms with van der Waals surface area (Å²) in [5.74, 6) is 1.56. The molecule has 1 rings (SSSR count). The van der Waals surface area contributed by atoms with Crippen LogP contribution in [-0.2, 0) is 0 Å². The molecule has 0 fully saturated rings. The molecule has 0 aliphatic heterocycles. The molecule has 0 unspecified atom stereocenters. The van der Waals surface area contributed by atoms with Crippen LogP contribution >= 0.6 is 0 Å². The highest BCUT2D eigenvalue weighted by Crippen LogP contribution is 2.19. The third kappa shape index (κ3) is 4.34. The number of nitrogens with two attached hydrogens (primary N) is 1. The second-order valence-electron chi connectivity index (χ2n) is 4.06. The van der Waals surface area contributed by atoms with Crippen molar-refractivity contribution in [2.75, 3.05) is 19.7 Å². The van der Waals surface area contributed by atoms with Crippen molar-refractivity contribution in [2.24, 2.45) is 0 Å². The van der Waals surface area contributed by atoms with Gasteiger partial charge >= 0.3 is 0 Å². The smallest absolute Gasteiger partial charge is 0.137 e. The molecule has 0 atom stereocenters. The van der Waals surface area contributed by atoms with E-state index in [2.05, 4.69) is 44.3 Å². The van der Waals surface area contributed by atoms with Crippen LogP contribution < -0.4 is 10.1 Å². The number of benzene rings is 1. The molecule has 0 heterocycles. The number of hydrogen-bond donors (Lipinski definition) is 1. The SMILES string of the molecule is CC[NH2+]CCOc1cccc(C(C)C)c1. The Morgan fingerprint density at radius 1 is 1.33 bits per heavy atom. The van der Waals surface area contributed by atoms with Crippen LogP contribution in [0.3, 0.4) is 0 Å². The van der Waals surface area contributed by atoms with Gasteiger partial charge in [0.15, 0.2) is 0 Å². The second-order valence-corrected chi connectivity index (χ2v) is 4.06. The van der Waals surface area contributed by atoms with Crippen molar-refractivity contribution in [1.29, 1.82) is 0 Å². The van der Waals surface area contributed by atoms with Crippen LogP contribution in [0.25, 0.3) is 0 Å². The predicted molar refractivity (Wildman–Crippen MR) is 63.4 cm³/mol. The van der Waals surface area contributed by atoms with Gasteiger partial charge < -0.3 is 10.1 Å². The Morgan fingerprint density at radius 2 is 2.13 bits per heavy atom. The lowest BCUT2D eigenvalue weighted by Gasteiger charge is -2.09. The predicted octanol–water partition coefficient (Wildman–Crippen LogP) is 1.77. The number of rotatable bonds is 6. The fourth-order valence-electron chi connectivity index (χ4n) is 1.43. The number of likely N-dealkylation sites (N-methyl/N-ethyl adjacent to an activating group) is 1. The minimum atomic E-state index is 0.566. The third-order valence-corrected chi connectivity index (χ3v) is 2.40. The lowest BCUT2D eigenvalue weighted by Crippen LogP contribution is -2.84. The quantitative estimate of drug-likeness (QED) is 0.708. The van der Waals surface area contributed by atoms with E-state index in [1.807, 2.05) is 6.07 Å². The highest BCUT2D eigenvalue weighted by atomic mass is 16.5. The summed E-state index contributed by atoms with van der Waals surface area (Å²) in [6.07, 6.45) is 0. The van der Waals surface area contributed by atoms with E-state index in [1.165, 1.54) is 5.56 Å². The molecule has 0 spiro atoms. The van der Waals surface area contributed by atoms with Crippen molar-refractivity contribution >= 4 is 0 Å². The molecule has 0 aromatic heterocycles. The van der Waals surface area contributed by atoms with Gasteiger partial charge in [0, 0.05) is 0 Å². The van der Waals surface area contributed by atoms with Crippen LogP contribution in [0.1, 0.15) is 32.3 Å². The van der Waals surface area contributed by atoms with E-state index in [9.17, 15) is 0 Å². The first-order chi connectivity index (χ1) is 7.24. The fourth-order valence-corrected chi connectivity index (χ4v) is 1.43. The molecule has 15 heavy (non-hydrogen) atoms. The van der Waals surface area contributed by atoms with Gasteiger partial charge in [0.2, 0.25) is 0 Å². The Balaban J connectivity index is 2.43. The largest absolute Gasteiger partial charge is 0.488 e. The number of quaternary nitrogens is 1. The molecule has 0 aliphatic rings. The van der Waals surface area contributed by atoms with Crippen LogP contribution in [0.5, 0.6) is 5.75 Å². The molecule has 1 aromatic carbocycles. The van der Waals surface area contributed by atoms with E-state index in [0.717, 1.165) is 25.4 Å².